The van der Waals surface area contributed by atoms with Crippen molar-refractivity contribution < 1.29 is 14.3 Å². The molecule has 1 N–H and O–H groups in total. The number of hydrogen-bond acceptors (Lipinski definition) is 3. The van der Waals surface area contributed by atoms with Crippen molar-refractivity contribution in [2.24, 2.45) is 5.92 Å². The predicted octanol–water partition coefficient (Wildman–Crippen LogP) is 2.13. The number of ether oxygens (including phenoxy) is 1. The molecule has 14 heavy (non-hydrogen) atoms. The maximum atomic E-state index is 10.1. The summed E-state index contributed by atoms with van der Waals surface area (Å²) in [4.78, 5) is 0. The van der Waals surface area contributed by atoms with Crippen molar-refractivity contribution in [3.8, 4) is 0 Å². The van der Waals surface area contributed by atoms with Gasteiger partial charge in [0.15, 0.2) is 0 Å². The van der Waals surface area contributed by atoms with E-state index in [0.717, 1.165) is 25.0 Å². The Morgan fingerprint density at radius 1 is 1.64 bits per heavy atom. The fourth-order valence-electron chi connectivity index (χ4n) is 2.14. The lowest BCUT2D eigenvalue weighted by Crippen LogP contribution is -2.21. The standard InChI is InChI=1S/C11H16O3/c1-2-10-9(4-6-14-10)11(12)8-3-5-13-7-8/h3,5,7,9-12H,2,4,6H2,1H3. The number of rotatable bonds is 3. The molecule has 1 saturated heterocycles. The molecule has 3 atom stereocenters. The van der Waals surface area contributed by atoms with Crippen LogP contribution in [-0.4, -0.2) is 17.8 Å². The van der Waals surface area contributed by atoms with Gasteiger partial charge in [-0.2, -0.15) is 0 Å². The van der Waals surface area contributed by atoms with Gasteiger partial charge in [-0.25, -0.2) is 0 Å². The molecule has 0 amide bonds. The van der Waals surface area contributed by atoms with E-state index in [1.807, 2.05) is 6.07 Å². The van der Waals surface area contributed by atoms with E-state index in [4.69, 9.17) is 9.15 Å². The molecule has 1 fully saturated rings. The minimum absolute atomic E-state index is 0.194. The van der Waals surface area contributed by atoms with Crippen LogP contribution in [0.4, 0.5) is 0 Å². The summed E-state index contributed by atoms with van der Waals surface area (Å²) in [5.74, 6) is 0.220. The fraction of sp³-hybridized carbons (Fsp3) is 0.636. The van der Waals surface area contributed by atoms with Crippen LogP contribution in [0, 0.1) is 5.92 Å². The minimum atomic E-state index is -0.443. The van der Waals surface area contributed by atoms with Crippen LogP contribution in [0.1, 0.15) is 31.4 Å². The molecule has 0 aromatic carbocycles. The van der Waals surface area contributed by atoms with E-state index in [1.165, 1.54) is 0 Å². The lowest BCUT2D eigenvalue weighted by molar-refractivity contribution is 0.0305. The smallest absolute Gasteiger partial charge is 0.0960 e. The number of aliphatic hydroxyl groups is 1. The van der Waals surface area contributed by atoms with Crippen LogP contribution < -0.4 is 0 Å². The van der Waals surface area contributed by atoms with Crippen molar-refractivity contribution in [2.45, 2.75) is 32.0 Å². The highest BCUT2D eigenvalue weighted by Crippen LogP contribution is 2.34. The molecule has 1 aromatic heterocycles. The van der Waals surface area contributed by atoms with Crippen LogP contribution in [0.5, 0.6) is 0 Å². The zero-order valence-corrected chi connectivity index (χ0v) is 8.35. The molecule has 1 aliphatic rings. The Balaban J connectivity index is 2.07. The van der Waals surface area contributed by atoms with E-state index in [0.29, 0.717) is 0 Å². The highest BCUT2D eigenvalue weighted by Gasteiger charge is 2.33. The maximum Gasteiger partial charge on any atom is 0.0960 e. The second kappa shape index (κ2) is 4.15. The van der Waals surface area contributed by atoms with Crippen LogP contribution in [-0.2, 0) is 4.74 Å². The lowest BCUT2D eigenvalue weighted by Gasteiger charge is -2.21. The van der Waals surface area contributed by atoms with Gasteiger partial charge in [-0.1, -0.05) is 6.92 Å². The van der Waals surface area contributed by atoms with Gasteiger partial charge in [0.25, 0.3) is 0 Å². The molecule has 3 nitrogen and oxygen atoms in total. The van der Waals surface area contributed by atoms with Gasteiger partial charge in [-0.15, -0.1) is 0 Å². The van der Waals surface area contributed by atoms with Crippen LogP contribution in [0.2, 0.25) is 0 Å². The van der Waals surface area contributed by atoms with Crippen molar-refractivity contribution in [1.29, 1.82) is 0 Å². The summed E-state index contributed by atoms with van der Waals surface area (Å²) >= 11 is 0. The first-order valence-corrected chi connectivity index (χ1v) is 5.14. The molecule has 1 aromatic rings. The molecule has 0 aliphatic carbocycles. The molecule has 1 aliphatic heterocycles. The molecule has 0 radical (unpaired) electrons. The number of furan rings is 1. The van der Waals surface area contributed by atoms with Gasteiger partial charge in [0.2, 0.25) is 0 Å². The zero-order chi connectivity index (χ0) is 9.97. The summed E-state index contributed by atoms with van der Waals surface area (Å²) < 4.78 is 10.5. The van der Waals surface area contributed by atoms with Crippen molar-refractivity contribution in [2.75, 3.05) is 6.61 Å². The molecule has 3 unspecified atom stereocenters. The van der Waals surface area contributed by atoms with Crippen LogP contribution >= 0.6 is 0 Å². The summed E-state index contributed by atoms with van der Waals surface area (Å²) in [5, 5.41) is 10.1. The summed E-state index contributed by atoms with van der Waals surface area (Å²) in [6, 6.07) is 1.82. The quantitative estimate of drug-likeness (QED) is 0.805. The minimum Gasteiger partial charge on any atom is -0.472 e. The Kier molecular flexibility index (Phi) is 2.89. The van der Waals surface area contributed by atoms with E-state index >= 15 is 0 Å². The van der Waals surface area contributed by atoms with Crippen molar-refractivity contribution in [1.82, 2.24) is 0 Å². The highest BCUT2D eigenvalue weighted by atomic mass is 16.5. The van der Waals surface area contributed by atoms with Crippen molar-refractivity contribution in [3.63, 3.8) is 0 Å². The van der Waals surface area contributed by atoms with Crippen LogP contribution in [0.25, 0.3) is 0 Å². The van der Waals surface area contributed by atoms with Gasteiger partial charge in [0, 0.05) is 18.1 Å². The Morgan fingerprint density at radius 2 is 2.50 bits per heavy atom. The van der Waals surface area contributed by atoms with E-state index in [-0.39, 0.29) is 12.0 Å². The third-order valence-electron chi connectivity index (χ3n) is 2.95. The summed E-state index contributed by atoms with van der Waals surface area (Å²) in [7, 11) is 0. The largest absolute Gasteiger partial charge is 0.472 e. The number of hydrogen-bond donors (Lipinski definition) is 1. The van der Waals surface area contributed by atoms with Gasteiger partial charge < -0.3 is 14.3 Å². The first kappa shape index (κ1) is 9.74. The molecule has 2 rings (SSSR count). The highest BCUT2D eigenvalue weighted by molar-refractivity contribution is 5.11. The Morgan fingerprint density at radius 3 is 3.14 bits per heavy atom. The SMILES string of the molecule is CCC1OCCC1C(O)c1ccoc1. The first-order valence-electron chi connectivity index (χ1n) is 5.14. The Bertz CT molecular complexity index is 268. The van der Waals surface area contributed by atoms with Crippen molar-refractivity contribution >= 4 is 0 Å². The van der Waals surface area contributed by atoms with E-state index in [1.54, 1.807) is 12.5 Å². The van der Waals surface area contributed by atoms with Crippen molar-refractivity contribution in [3.05, 3.63) is 24.2 Å². The average molecular weight is 196 g/mol. The average Bonchev–Trinajstić information content (AvgIpc) is 2.87. The Labute approximate surface area is 83.7 Å². The molecular weight excluding hydrogens is 180 g/mol. The third-order valence-corrected chi connectivity index (χ3v) is 2.95. The molecule has 0 bridgehead atoms. The van der Waals surface area contributed by atoms with Crippen LogP contribution in [0.3, 0.4) is 0 Å². The Hall–Kier alpha value is -0.800. The molecule has 3 heteroatoms. The fourth-order valence-corrected chi connectivity index (χ4v) is 2.14. The van der Waals surface area contributed by atoms with E-state index in [2.05, 4.69) is 6.92 Å². The third kappa shape index (κ3) is 1.70. The predicted molar refractivity (Wildman–Crippen MR) is 51.8 cm³/mol. The number of aliphatic hydroxyl groups excluding tert-OH is 1. The van der Waals surface area contributed by atoms with Gasteiger partial charge in [0.1, 0.15) is 0 Å². The summed E-state index contributed by atoms with van der Waals surface area (Å²) in [6.45, 7) is 2.85. The topological polar surface area (TPSA) is 42.6 Å². The maximum absolute atomic E-state index is 10.1. The molecular formula is C11H16O3. The molecule has 0 saturated carbocycles. The van der Waals surface area contributed by atoms with Gasteiger partial charge in [-0.3, -0.25) is 0 Å². The summed E-state index contributed by atoms with van der Waals surface area (Å²) in [5.41, 5.74) is 0.860. The van der Waals surface area contributed by atoms with Gasteiger partial charge >= 0.3 is 0 Å². The van der Waals surface area contributed by atoms with Gasteiger partial charge in [-0.05, 0) is 18.9 Å². The zero-order valence-electron chi connectivity index (χ0n) is 8.35. The molecule has 0 spiro atoms. The monoisotopic (exact) mass is 196 g/mol. The summed E-state index contributed by atoms with van der Waals surface area (Å²) in [6.07, 6.45) is 4.84. The second-order valence-corrected chi connectivity index (χ2v) is 3.77. The first-order chi connectivity index (χ1) is 6.83. The molecule has 78 valence electrons. The molecule has 2 heterocycles. The lowest BCUT2D eigenvalue weighted by atomic mass is 9.90. The van der Waals surface area contributed by atoms with E-state index in [9.17, 15) is 5.11 Å². The van der Waals surface area contributed by atoms with Crippen LogP contribution in [0.15, 0.2) is 23.0 Å². The normalized spacial score (nSPS) is 29.3. The van der Waals surface area contributed by atoms with E-state index < -0.39 is 6.10 Å². The van der Waals surface area contributed by atoms with Gasteiger partial charge in [0.05, 0.1) is 24.7 Å². The second-order valence-electron chi connectivity index (χ2n) is 3.77.